The fourth-order valence-electron chi connectivity index (χ4n) is 3.80. The van der Waals surface area contributed by atoms with Crippen molar-refractivity contribution >= 4 is 28.8 Å². The second kappa shape index (κ2) is 8.44. The summed E-state index contributed by atoms with van der Waals surface area (Å²) in [5.41, 5.74) is 4.54. The van der Waals surface area contributed by atoms with Crippen LogP contribution in [0.3, 0.4) is 0 Å². The van der Waals surface area contributed by atoms with Crippen LogP contribution in [0.2, 0.25) is 0 Å². The molecule has 2 aromatic heterocycles. The van der Waals surface area contributed by atoms with Crippen LogP contribution in [0.15, 0.2) is 35.7 Å². The monoisotopic (exact) mass is 422 g/mol. The molecule has 4 rings (SSSR count). The standard InChI is InChI=1S/C23H26N4O2S/c1-14(2)11-17-12-20(26-25-17)22(28)24-19-6-4-5-18(15(19)3)23(29)27-9-7-21-16(13-27)8-10-30-21/h4-6,8,10,12,14H,7,9,11,13H2,1-3H3,(H,24,28)(H,25,26). The van der Waals surface area contributed by atoms with Crippen LogP contribution in [0.1, 0.15) is 56.4 Å². The fraction of sp³-hybridized carbons (Fsp3) is 0.348. The van der Waals surface area contributed by atoms with E-state index in [2.05, 4.69) is 40.8 Å². The lowest BCUT2D eigenvalue weighted by Gasteiger charge is -2.28. The summed E-state index contributed by atoms with van der Waals surface area (Å²) in [5.74, 6) is 0.195. The van der Waals surface area contributed by atoms with E-state index in [0.29, 0.717) is 36.0 Å². The number of rotatable bonds is 5. The van der Waals surface area contributed by atoms with E-state index in [9.17, 15) is 9.59 Å². The Morgan fingerprint density at radius 2 is 2.13 bits per heavy atom. The van der Waals surface area contributed by atoms with Crippen LogP contribution >= 0.6 is 11.3 Å². The number of benzene rings is 1. The van der Waals surface area contributed by atoms with Crippen LogP contribution in [0.25, 0.3) is 0 Å². The van der Waals surface area contributed by atoms with E-state index in [0.717, 1.165) is 24.1 Å². The molecule has 156 valence electrons. The lowest BCUT2D eigenvalue weighted by Crippen LogP contribution is -2.35. The molecule has 2 amide bonds. The molecule has 0 radical (unpaired) electrons. The molecule has 1 aliphatic rings. The van der Waals surface area contributed by atoms with E-state index >= 15 is 0 Å². The topological polar surface area (TPSA) is 78.1 Å². The van der Waals surface area contributed by atoms with Crippen LogP contribution in [0, 0.1) is 12.8 Å². The lowest BCUT2D eigenvalue weighted by atomic mass is 10.0. The SMILES string of the molecule is Cc1c(NC(=O)c2cc(CC(C)C)[nH]n2)cccc1C(=O)N1CCc2sccc2C1. The number of amides is 2. The number of aromatic amines is 1. The largest absolute Gasteiger partial charge is 0.334 e. The Bertz CT molecular complexity index is 1080. The van der Waals surface area contributed by atoms with E-state index < -0.39 is 0 Å². The Balaban J connectivity index is 1.49. The van der Waals surface area contributed by atoms with Gasteiger partial charge in [0, 0.05) is 34.9 Å². The van der Waals surface area contributed by atoms with Gasteiger partial charge in [-0.2, -0.15) is 5.10 Å². The highest BCUT2D eigenvalue weighted by Gasteiger charge is 2.24. The molecule has 0 aliphatic carbocycles. The quantitative estimate of drug-likeness (QED) is 0.638. The normalized spacial score (nSPS) is 13.4. The van der Waals surface area contributed by atoms with Crippen molar-refractivity contribution in [1.82, 2.24) is 15.1 Å². The van der Waals surface area contributed by atoms with Crippen LogP contribution in [0.4, 0.5) is 5.69 Å². The van der Waals surface area contributed by atoms with Crippen LogP contribution in [-0.4, -0.2) is 33.5 Å². The van der Waals surface area contributed by atoms with Crippen LogP contribution in [0.5, 0.6) is 0 Å². The third kappa shape index (κ3) is 4.16. The molecule has 1 aromatic carbocycles. The van der Waals surface area contributed by atoms with Gasteiger partial charge in [-0.05, 0) is 66.5 Å². The predicted molar refractivity (Wildman–Crippen MR) is 119 cm³/mol. The van der Waals surface area contributed by atoms with E-state index in [4.69, 9.17) is 0 Å². The first kappa shape index (κ1) is 20.3. The first-order valence-corrected chi connectivity index (χ1v) is 11.1. The van der Waals surface area contributed by atoms with Crippen LogP contribution in [-0.2, 0) is 19.4 Å². The van der Waals surface area contributed by atoms with Crippen molar-refractivity contribution in [2.24, 2.45) is 5.92 Å². The maximum absolute atomic E-state index is 13.2. The number of nitrogens with one attached hydrogen (secondary N) is 2. The van der Waals surface area contributed by atoms with Crippen molar-refractivity contribution < 1.29 is 9.59 Å². The smallest absolute Gasteiger partial charge is 0.276 e. The van der Waals surface area contributed by atoms with Gasteiger partial charge in [-0.15, -0.1) is 11.3 Å². The van der Waals surface area contributed by atoms with Gasteiger partial charge >= 0.3 is 0 Å². The summed E-state index contributed by atoms with van der Waals surface area (Å²) in [5, 5.41) is 12.1. The van der Waals surface area contributed by atoms with Gasteiger partial charge in [-0.25, -0.2) is 0 Å². The Hall–Kier alpha value is -2.93. The Morgan fingerprint density at radius 3 is 2.93 bits per heavy atom. The molecule has 0 bridgehead atoms. The van der Waals surface area contributed by atoms with Crippen molar-refractivity contribution in [3.8, 4) is 0 Å². The maximum atomic E-state index is 13.2. The number of H-pyrrole nitrogens is 1. The number of carbonyl (C=O) groups excluding carboxylic acids is 2. The summed E-state index contributed by atoms with van der Waals surface area (Å²) in [4.78, 5) is 29.1. The minimum absolute atomic E-state index is 0.000520. The van der Waals surface area contributed by atoms with Crippen molar-refractivity contribution in [1.29, 1.82) is 0 Å². The zero-order chi connectivity index (χ0) is 21.3. The van der Waals surface area contributed by atoms with E-state index in [1.165, 1.54) is 10.4 Å². The highest BCUT2D eigenvalue weighted by atomic mass is 32.1. The number of fused-ring (bicyclic) bond motifs is 1. The Labute approximate surface area is 180 Å². The highest BCUT2D eigenvalue weighted by Crippen LogP contribution is 2.27. The molecular weight excluding hydrogens is 396 g/mol. The number of hydrogen-bond acceptors (Lipinski definition) is 4. The second-order valence-corrected chi connectivity index (χ2v) is 9.16. The fourth-order valence-corrected chi connectivity index (χ4v) is 4.69. The van der Waals surface area contributed by atoms with E-state index in [1.807, 2.05) is 30.0 Å². The van der Waals surface area contributed by atoms with Crippen molar-refractivity contribution in [3.05, 3.63) is 68.7 Å². The van der Waals surface area contributed by atoms with Gasteiger partial charge in [0.25, 0.3) is 11.8 Å². The van der Waals surface area contributed by atoms with Gasteiger partial charge in [0.15, 0.2) is 5.69 Å². The van der Waals surface area contributed by atoms with Crippen molar-refractivity contribution in [2.75, 3.05) is 11.9 Å². The summed E-state index contributed by atoms with van der Waals surface area (Å²) in [7, 11) is 0. The number of aromatic nitrogens is 2. The molecule has 3 aromatic rings. The van der Waals surface area contributed by atoms with E-state index in [-0.39, 0.29) is 11.8 Å². The molecule has 3 heterocycles. The average molecular weight is 423 g/mol. The molecule has 0 spiro atoms. The van der Waals surface area contributed by atoms with Crippen molar-refractivity contribution in [2.45, 2.75) is 40.2 Å². The molecule has 0 saturated carbocycles. The maximum Gasteiger partial charge on any atom is 0.276 e. The molecule has 7 heteroatoms. The second-order valence-electron chi connectivity index (χ2n) is 8.15. The molecule has 2 N–H and O–H groups in total. The van der Waals surface area contributed by atoms with Gasteiger partial charge in [0.1, 0.15) is 0 Å². The summed E-state index contributed by atoms with van der Waals surface area (Å²) in [6.45, 7) is 7.47. The molecule has 0 fully saturated rings. The number of carbonyl (C=O) groups is 2. The first-order chi connectivity index (χ1) is 14.4. The Morgan fingerprint density at radius 1 is 1.30 bits per heavy atom. The number of thiophene rings is 1. The third-order valence-corrected chi connectivity index (χ3v) is 6.42. The lowest BCUT2D eigenvalue weighted by molar-refractivity contribution is 0.0735. The summed E-state index contributed by atoms with van der Waals surface area (Å²) < 4.78 is 0. The minimum Gasteiger partial charge on any atom is -0.334 e. The molecule has 0 saturated heterocycles. The van der Waals surface area contributed by atoms with Gasteiger partial charge in [0.2, 0.25) is 0 Å². The zero-order valence-electron chi connectivity index (χ0n) is 17.5. The molecule has 1 aliphatic heterocycles. The van der Waals surface area contributed by atoms with Gasteiger partial charge in [0.05, 0.1) is 0 Å². The number of hydrogen-bond donors (Lipinski definition) is 2. The number of nitrogens with zero attached hydrogens (tertiary/aromatic N) is 2. The minimum atomic E-state index is -0.283. The Kier molecular flexibility index (Phi) is 5.72. The highest BCUT2D eigenvalue weighted by molar-refractivity contribution is 7.10. The van der Waals surface area contributed by atoms with Crippen LogP contribution < -0.4 is 5.32 Å². The van der Waals surface area contributed by atoms with Gasteiger partial charge in [-0.3, -0.25) is 14.7 Å². The summed E-state index contributed by atoms with van der Waals surface area (Å²) >= 11 is 1.76. The molecule has 0 unspecified atom stereocenters. The molecule has 6 nitrogen and oxygen atoms in total. The average Bonchev–Trinajstić information content (AvgIpc) is 3.37. The van der Waals surface area contributed by atoms with Gasteiger partial charge in [-0.1, -0.05) is 19.9 Å². The zero-order valence-corrected chi connectivity index (χ0v) is 18.3. The predicted octanol–water partition coefficient (Wildman–Crippen LogP) is 4.43. The van der Waals surface area contributed by atoms with Gasteiger partial charge < -0.3 is 10.2 Å². The number of anilines is 1. The molecule has 30 heavy (non-hydrogen) atoms. The molecular formula is C23H26N4O2S. The van der Waals surface area contributed by atoms with E-state index in [1.54, 1.807) is 17.4 Å². The van der Waals surface area contributed by atoms with Crippen molar-refractivity contribution in [3.63, 3.8) is 0 Å². The first-order valence-electron chi connectivity index (χ1n) is 10.2. The molecule has 0 atom stereocenters. The summed E-state index contributed by atoms with van der Waals surface area (Å²) in [6.07, 6.45) is 1.73. The third-order valence-electron chi connectivity index (χ3n) is 5.40. The summed E-state index contributed by atoms with van der Waals surface area (Å²) in [6, 6.07) is 9.33.